The number of halogens is 1. The van der Waals surface area contributed by atoms with Crippen LogP contribution in [0.5, 0.6) is 5.75 Å². The van der Waals surface area contributed by atoms with E-state index in [4.69, 9.17) is 4.74 Å². The van der Waals surface area contributed by atoms with Crippen LogP contribution in [0.15, 0.2) is 18.2 Å². The molecule has 1 aromatic carbocycles. The van der Waals surface area contributed by atoms with Gasteiger partial charge in [-0.2, -0.15) is 0 Å². The molecular formula is C14H18FNO3. The first kappa shape index (κ1) is 15.1. The predicted molar refractivity (Wildman–Crippen MR) is 69.7 cm³/mol. The van der Waals surface area contributed by atoms with Crippen molar-refractivity contribution < 1.29 is 18.7 Å². The van der Waals surface area contributed by atoms with Crippen LogP contribution in [0, 0.1) is 11.7 Å². The average molecular weight is 267 g/mol. The van der Waals surface area contributed by atoms with E-state index in [0.717, 1.165) is 6.07 Å². The summed E-state index contributed by atoms with van der Waals surface area (Å²) in [6.45, 7) is 5.65. The third-order valence-electron chi connectivity index (χ3n) is 2.40. The van der Waals surface area contributed by atoms with Crippen molar-refractivity contribution in [2.24, 2.45) is 5.92 Å². The first-order chi connectivity index (χ1) is 8.90. The van der Waals surface area contributed by atoms with Crippen LogP contribution in [-0.4, -0.2) is 24.8 Å². The predicted octanol–water partition coefficient (Wildman–Crippen LogP) is 2.18. The lowest BCUT2D eigenvalue weighted by atomic mass is 10.1. The molecule has 0 atom stereocenters. The lowest BCUT2D eigenvalue weighted by molar-refractivity contribution is -0.123. The van der Waals surface area contributed by atoms with Gasteiger partial charge in [-0.05, 0) is 25.0 Å². The molecule has 0 aliphatic carbocycles. The second-order valence-corrected chi connectivity index (χ2v) is 4.68. The third kappa shape index (κ3) is 5.07. The number of carbonyl (C=O) groups is 2. The first-order valence-electron chi connectivity index (χ1n) is 6.10. The summed E-state index contributed by atoms with van der Waals surface area (Å²) in [5.41, 5.74) is 0.0107. The van der Waals surface area contributed by atoms with Crippen LogP contribution in [0.2, 0.25) is 0 Å². The molecule has 1 N–H and O–H groups in total. The minimum Gasteiger partial charge on any atom is -0.484 e. The van der Waals surface area contributed by atoms with Gasteiger partial charge in [-0.25, -0.2) is 4.39 Å². The van der Waals surface area contributed by atoms with E-state index >= 15 is 0 Å². The average Bonchev–Trinajstić information content (AvgIpc) is 2.33. The molecule has 0 aliphatic rings. The Hall–Kier alpha value is -1.91. The van der Waals surface area contributed by atoms with Gasteiger partial charge in [-0.3, -0.25) is 9.59 Å². The minimum atomic E-state index is -0.646. The summed E-state index contributed by atoms with van der Waals surface area (Å²) < 4.78 is 18.6. The molecule has 104 valence electrons. The quantitative estimate of drug-likeness (QED) is 0.804. The van der Waals surface area contributed by atoms with E-state index in [1.54, 1.807) is 0 Å². The van der Waals surface area contributed by atoms with E-state index in [1.165, 1.54) is 19.1 Å². The number of benzene rings is 1. The Labute approximate surface area is 112 Å². The summed E-state index contributed by atoms with van der Waals surface area (Å²) in [5, 5.41) is 2.68. The highest BCUT2D eigenvalue weighted by atomic mass is 19.1. The molecule has 5 heteroatoms. The summed E-state index contributed by atoms with van der Waals surface area (Å²) in [6, 6.07) is 3.92. The number of Topliss-reactive ketones (excluding diaryl/α,β-unsaturated/α-hetero) is 1. The lowest BCUT2D eigenvalue weighted by Crippen LogP contribution is -2.31. The maximum Gasteiger partial charge on any atom is 0.257 e. The van der Waals surface area contributed by atoms with Gasteiger partial charge in [0.25, 0.3) is 5.91 Å². The first-order valence-corrected chi connectivity index (χ1v) is 6.10. The van der Waals surface area contributed by atoms with E-state index < -0.39 is 5.82 Å². The summed E-state index contributed by atoms with van der Waals surface area (Å²) in [7, 11) is 0. The standard InChI is InChI=1S/C14H18FNO3/c1-9(2)7-16-14(18)8-19-11-4-5-12(10(3)17)13(15)6-11/h4-6,9H,7-8H2,1-3H3,(H,16,18). The minimum absolute atomic E-state index is 0.0107. The second kappa shape index (κ2) is 6.87. The van der Waals surface area contributed by atoms with Gasteiger partial charge in [-0.1, -0.05) is 13.8 Å². The highest BCUT2D eigenvalue weighted by Gasteiger charge is 2.09. The van der Waals surface area contributed by atoms with E-state index in [-0.39, 0.29) is 29.6 Å². The fraction of sp³-hybridized carbons (Fsp3) is 0.429. The smallest absolute Gasteiger partial charge is 0.257 e. The molecule has 1 aromatic rings. The number of hydrogen-bond acceptors (Lipinski definition) is 3. The zero-order valence-electron chi connectivity index (χ0n) is 11.3. The molecule has 4 nitrogen and oxygen atoms in total. The van der Waals surface area contributed by atoms with Gasteiger partial charge in [-0.15, -0.1) is 0 Å². The maximum absolute atomic E-state index is 13.5. The fourth-order valence-electron chi connectivity index (χ4n) is 1.39. The van der Waals surface area contributed by atoms with Gasteiger partial charge in [0.1, 0.15) is 11.6 Å². The molecule has 0 fully saturated rings. The largest absolute Gasteiger partial charge is 0.484 e. The molecule has 0 heterocycles. The van der Waals surface area contributed by atoms with E-state index in [2.05, 4.69) is 5.32 Å². The number of rotatable bonds is 6. The SMILES string of the molecule is CC(=O)c1ccc(OCC(=O)NCC(C)C)cc1F. The monoisotopic (exact) mass is 267 g/mol. The molecule has 0 aliphatic heterocycles. The van der Waals surface area contributed by atoms with Gasteiger partial charge >= 0.3 is 0 Å². The lowest BCUT2D eigenvalue weighted by Gasteiger charge is -2.09. The van der Waals surface area contributed by atoms with Gasteiger partial charge in [0.05, 0.1) is 5.56 Å². The van der Waals surface area contributed by atoms with Crippen molar-refractivity contribution in [2.45, 2.75) is 20.8 Å². The van der Waals surface area contributed by atoms with Crippen molar-refractivity contribution in [1.82, 2.24) is 5.32 Å². The zero-order chi connectivity index (χ0) is 14.4. The van der Waals surface area contributed by atoms with Crippen LogP contribution in [0.4, 0.5) is 4.39 Å². The highest BCUT2D eigenvalue weighted by Crippen LogP contribution is 2.16. The Morgan fingerprint density at radius 2 is 2.05 bits per heavy atom. The summed E-state index contributed by atoms with van der Waals surface area (Å²) in [5.74, 6) is -0.672. The van der Waals surface area contributed by atoms with Crippen molar-refractivity contribution in [3.8, 4) is 5.75 Å². The topological polar surface area (TPSA) is 55.4 Å². The summed E-state index contributed by atoms with van der Waals surface area (Å²) >= 11 is 0. The molecule has 1 rings (SSSR count). The molecule has 0 saturated heterocycles. The molecule has 0 aromatic heterocycles. The van der Waals surface area contributed by atoms with Crippen molar-refractivity contribution in [2.75, 3.05) is 13.2 Å². The zero-order valence-corrected chi connectivity index (χ0v) is 11.3. The van der Waals surface area contributed by atoms with Gasteiger partial charge in [0.15, 0.2) is 12.4 Å². The number of carbonyl (C=O) groups excluding carboxylic acids is 2. The number of nitrogens with one attached hydrogen (secondary N) is 1. The van der Waals surface area contributed by atoms with Crippen molar-refractivity contribution in [3.05, 3.63) is 29.6 Å². The Morgan fingerprint density at radius 3 is 2.58 bits per heavy atom. The molecule has 0 radical (unpaired) electrons. The van der Waals surface area contributed by atoms with Gasteiger partial charge < -0.3 is 10.1 Å². The third-order valence-corrected chi connectivity index (χ3v) is 2.40. The Kier molecular flexibility index (Phi) is 5.48. The summed E-state index contributed by atoms with van der Waals surface area (Å²) in [6.07, 6.45) is 0. The molecule has 0 unspecified atom stereocenters. The van der Waals surface area contributed by atoms with E-state index in [1.807, 2.05) is 13.8 Å². The molecular weight excluding hydrogens is 249 g/mol. The summed E-state index contributed by atoms with van der Waals surface area (Å²) in [4.78, 5) is 22.4. The molecule has 0 bridgehead atoms. The van der Waals surface area contributed by atoms with Crippen LogP contribution in [-0.2, 0) is 4.79 Å². The molecule has 1 amide bonds. The Morgan fingerprint density at radius 1 is 1.37 bits per heavy atom. The number of amides is 1. The molecule has 0 saturated carbocycles. The Bertz CT molecular complexity index is 472. The van der Waals surface area contributed by atoms with E-state index in [9.17, 15) is 14.0 Å². The maximum atomic E-state index is 13.5. The highest BCUT2D eigenvalue weighted by molar-refractivity contribution is 5.94. The molecule has 19 heavy (non-hydrogen) atoms. The Balaban J connectivity index is 2.52. The van der Waals surface area contributed by atoms with Crippen molar-refractivity contribution >= 4 is 11.7 Å². The number of ketones is 1. The van der Waals surface area contributed by atoms with Crippen LogP contribution >= 0.6 is 0 Å². The van der Waals surface area contributed by atoms with Crippen molar-refractivity contribution in [3.63, 3.8) is 0 Å². The van der Waals surface area contributed by atoms with Gasteiger partial charge in [0, 0.05) is 12.6 Å². The van der Waals surface area contributed by atoms with Crippen LogP contribution < -0.4 is 10.1 Å². The fourth-order valence-corrected chi connectivity index (χ4v) is 1.39. The second-order valence-electron chi connectivity index (χ2n) is 4.68. The van der Waals surface area contributed by atoms with E-state index in [0.29, 0.717) is 12.5 Å². The number of ether oxygens (including phenoxy) is 1. The van der Waals surface area contributed by atoms with Crippen molar-refractivity contribution in [1.29, 1.82) is 0 Å². The van der Waals surface area contributed by atoms with Crippen LogP contribution in [0.25, 0.3) is 0 Å². The van der Waals surface area contributed by atoms with Crippen LogP contribution in [0.3, 0.4) is 0 Å². The normalized spacial score (nSPS) is 10.4. The van der Waals surface area contributed by atoms with Gasteiger partial charge in [0.2, 0.25) is 0 Å². The number of hydrogen-bond donors (Lipinski definition) is 1. The van der Waals surface area contributed by atoms with Crippen LogP contribution in [0.1, 0.15) is 31.1 Å². The molecule has 0 spiro atoms.